The number of carbonyl (C=O) groups is 1. The lowest BCUT2D eigenvalue weighted by molar-refractivity contribution is 0.100. The van der Waals surface area contributed by atoms with Crippen molar-refractivity contribution in [2.75, 3.05) is 17.2 Å². The number of benzene rings is 2. The third-order valence-electron chi connectivity index (χ3n) is 5.53. The van der Waals surface area contributed by atoms with E-state index in [4.69, 9.17) is 15.7 Å². The SMILES string of the molecule is NC(=O)c1cccc2c(-c3nc4c(c(NCc5ccccc5)n3)CCCCN4)n[nH]c12. The van der Waals surface area contributed by atoms with E-state index in [0.717, 1.165) is 48.4 Å². The highest BCUT2D eigenvalue weighted by molar-refractivity contribution is 6.07. The number of nitrogens with zero attached hydrogens (tertiary/aromatic N) is 3. The molecule has 0 spiro atoms. The number of hydrogen-bond donors (Lipinski definition) is 4. The van der Waals surface area contributed by atoms with E-state index in [-0.39, 0.29) is 0 Å². The molecule has 2 aromatic carbocycles. The van der Waals surface area contributed by atoms with Crippen LogP contribution in [0.15, 0.2) is 48.5 Å². The van der Waals surface area contributed by atoms with E-state index in [1.54, 1.807) is 12.1 Å². The van der Waals surface area contributed by atoms with Crippen LogP contribution in [-0.4, -0.2) is 32.6 Å². The molecule has 0 atom stereocenters. The monoisotopic (exact) mass is 413 g/mol. The fourth-order valence-corrected chi connectivity index (χ4v) is 3.95. The smallest absolute Gasteiger partial charge is 0.250 e. The lowest BCUT2D eigenvalue weighted by Gasteiger charge is -2.15. The summed E-state index contributed by atoms with van der Waals surface area (Å²) in [5, 5.41) is 15.1. The lowest BCUT2D eigenvalue weighted by Crippen LogP contribution is -2.11. The van der Waals surface area contributed by atoms with Gasteiger partial charge in [0.25, 0.3) is 5.91 Å². The summed E-state index contributed by atoms with van der Waals surface area (Å²) in [5.41, 5.74) is 9.37. The van der Waals surface area contributed by atoms with Gasteiger partial charge in [-0.3, -0.25) is 9.89 Å². The normalized spacial score (nSPS) is 13.3. The van der Waals surface area contributed by atoms with Gasteiger partial charge in [-0.2, -0.15) is 5.10 Å². The Labute approximate surface area is 179 Å². The molecule has 1 aliphatic rings. The molecule has 4 aromatic rings. The van der Waals surface area contributed by atoms with E-state index >= 15 is 0 Å². The third kappa shape index (κ3) is 3.68. The molecular formula is C23H23N7O. The lowest BCUT2D eigenvalue weighted by atomic mass is 10.1. The molecule has 31 heavy (non-hydrogen) atoms. The summed E-state index contributed by atoms with van der Waals surface area (Å²) < 4.78 is 0. The van der Waals surface area contributed by atoms with Crippen LogP contribution in [0.1, 0.15) is 34.3 Å². The predicted molar refractivity (Wildman–Crippen MR) is 121 cm³/mol. The fourth-order valence-electron chi connectivity index (χ4n) is 3.95. The van der Waals surface area contributed by atoms with Crippen molar-refractivity contribution >= 4 is 28.4 Å². The van der Waals surface area contributed by atoms with Gasteiger partial charge in [-0.05, 0) is 30.9 Å². The van der Waals surface area contributed by atoms with Crippen LogP contribution in [0.5, 0.6) is 0 Å². The Balaban J connectivity index is 1.59. The number of nitrogens with one attached hydrogen (secondary N) is 3. The first kappa shape index (κ1) is 19.0. The van der Waals surface area contributed by atoms with Gasteiger partial charge in [0, 0.05) is 24.0 Å². The third-order valence-corrected chi connectivity index (χ3v) is 5.53. The zero-order valence-corrected chi connectivity index (χ0v) is 17.0. The number of anilines is 2. The quantitative estimate of drug-likeness (QED) is 0.397. The van der Waals surface area contributed by atoms with Gasteiger partial charge in [-0.25, -0.2) is 9.97 Å². The van der Waals surface area contributed by atoms with E-state index < -0.39 is 5.91 Å². The number of amides is 1. The zero-order valence-electron chi connectivity index (χ0n) is 17.0. The standard InChI is InChI=1S/C23H23N7O/c24-20(31)16-11-6-10-15-18(16)29-30-19(15)23-27-21-17(9-4-5-12-25-21)22(28-23)26-13-14-7-2-1-3-8-14/h1-3,6-8,10-11H,4-5,9,12-13H2,(H2,24,31)(H,29,30)(H2,25,26,27,28). The van der Waals surface area contributed by atoms with Crippen LogP contribution >= 0.6 is 0 Å². The summed E-state index contributed by atoms with van der Waals surface area (Å²) in [6, 6.07) is 15.6. The molecule has 8 heteroatoms. The highest BCUT2D eigenvalue weighted by Crippen LogP contribution is 2.32. The van der Waals surface area contributed by atoms with Crippen molar-refractivity contribution in [2.45, 2.75) is 25.8 Å². The first-order chi connectivity index (χ1) is 15.2. The fraction of sp³-hybridized carbons (Fsp3) is 0.217. The largest absolute Gasteiger partial charge is 0.370 e. The second kappa shape index (κ2) is 8.06. The Morgan fingerprint density at radius 1 is 1.06 bits per heavy atom. The van der Waals surface area contributed by atoms with Crippen LogP contribution < -0.4 is 16.4 Å². The summed E-state index contributed by atoms with van der Waals surface area (Å²) in [4.78, 5) is 21.4. The minimum absolute atomic E-state index is 0.395. The van der Waals surface area contributed by atoms with Crippen LogP contribution in [0, 0.1) is 0 Å². The number of nitrogens with two attached hydrogens (primary N) is 1. The van der Waals surface area contributed by atoms with Gasteiger partial charge < -0.3 is 16.4 Å². The number of aromatic amines is 1. The molecule has 1 aliphatic heterocycles. The number of H-pyrrole nitrogens is 1. The molecule has 5 N–H and O–H groups in total. The molecular weight excluding hydrogens is 390 g/mol. The number of rotatable bonds is 5. The molecule has 2 aromatic heterocycles. The van der Waals surface area contributed by atoms with Gasteiger partial charge in [-0.1, -0.05) is 42.5 Å². The minimum Gasteiger partial charge on any atom is -0.370 e. The van der Waals surface area contributed by atoms with Crippen molar-refractivity contribution in [3.63, 3.8) is 0 Å². The Bertz CT molecular complexity index is 1250. The van der Waals surface area contributed by atoms with Gasteiger partial charge >= 0.3 is 0 Å². The summed E-state index contributed by atoms with van der Waals surface area (Å²) >= 11 is 0. The van der Waals surface area contributed by atoms with Crippen molar-refractivity contribution in [3.05, 3.63) is 65.2 Å². The van der Waals surface area contributed by atoms with Crippen LogP contribution in [-0.2, 0) is 13.0 Å². The summed E-state index contributed by atoms with van der Waals surface area (Å²) in [6.07, 6.45) is 3.07. The first-order valence-corrected chi connectivity index (χ1v) is 10.4. The van der Waals surface area contributed by atoms with E-state index in [9.17, 15) is 4.79 Å². The molecule has 0 aliphatic carbocycles. The molecule has 3 heterocycles. The average molecular weight is 413 g/mol. The summed E-state index contributed by atoms with van der Waals surface area (Å²) in [7, 11) is 0. The van der Waals surface area contributed by atoms with E-state index in [1.807, 2.05) is 24.3 Å². The van der Waals surface area contributed by atoms with Crippen LogP contribution in [0.25, 0.3) is 22.4 Å². The number of fused-ring (bicyclic) bond motifs is 2. The number of carbonyl (C=O) groups excluding carboxylic acids is 1. The Kier molecular flexibility index (Phi) is 4.95. The van der Waals surface area contributed by atoms with E-state index in [2.05, 4.69) is 33.0 Å². The second-order valence-corrected chi connectivity index (χ2v) is 7.61. The Morgan fingerprint density at radius 3 is 2.77 bits per heavy atom. The highest BCUT2D eigenvalue weighted by atomic mass is 16.1. The van der Waals surface area contributed by atoms with Gasteiger partial charge in [0.15, 0.2) is 5.82 Å². The maximum absolute atomic E-state index is 11.8. The molecule has 0 bridgehead atoms. The van der Waals surface area contributed by atoms with Gasteiger partial charge in [0.2, 0.25) is 0 Å². The molecule has 156 valence electrons. The minimum atomic E-state index is -0.504. The number of para-hydroxylation sites is 1. The van der Waals surface area contributed by atoms with E-state index in [0.29, 0.717) is 29.1 Å². The van der Waals surface area contributed by atoms with Crippen LogP contribution in [0.3, 0.4) is 0 Å². The number of hydrogen-bond acceptors (Lipinski definition) is 6. The summed E-state index contributed by atoms with van der Waals surface area (Å²) in [6.45, 7) is 1.53. The van der Waals surface area contributed by atoms with Gasteiger partial charge in [0.1, 0.15) is 17.3 Å². The first-order valence-electron chi connectivity index (χ1n) is 10.4. The molecule has 0 saturated carbocycles. The van der Waals surface area contributed by atoms with E-state index in [1.165, 1.54) is 5.56 Å². The van der Waals surface area contributed by atoms with Gasteiger partial charge in [-0.15, -0.1) is 0 Å². The molecule has 8 nitrogen and oxygen atoms in total. The Morgan fingerprint density at radius 2 is 1.94 bits per heavy atom. The topological polar surface area (TPSA) is 122 Å². The van der Waals surface area contributed by atoms with Crippen LogP contribution in [0.4, 0.5) is 11.6 Å². The molecule has 0 fully saturated rings. The zero-order chi connectivity index (χ0) is 21.2. The van der Waals surface area contributed by atoms with Crippen molar-refractivity contribution in [2.24, 2.45) is 5.73 Å². The van der Waals surface area contributed by atoms with Crippen molar-refractivity contribution in [1.29, 1.82) is 0 Å². The maximum atomic E-state index is 11.8. The average Bonchev–Trinajstić information content (AvgIpc) is 3.08. The van der Waals surface area contributed by atoms with Crippen molar-refractivity contribution < 1.29 is 4.79 Å². The highest BCUT2D eigenvalue weighted by Gasteiger charge is 2.21. The van der Waals surface area contributed by atoms with Crippen molar-refractivity contribution in [1.82, 2.24) is 20.2 Å². The molecule has 5 rings (SSSR count). The van der Waals surface area contributed by atoms with Gasteiger partial charge in [0.05, 0.1) is 11.1 Å². The molecule has 0 unspecified atom stereocenters. The summed E-state index contributed by atoms with van der Waals surface area (Å²) in [5.74, 6) is 1.63. The predicted octanol–water partition coefficient (Wildman–Crippen LogP) is 3.48. The molecule has 0 radical (unpaired) electrons. The molecule has 0 saturated heterocycles. The second-order valence-electron chi connectivity index (χ2n) is 7.61. The maximum Gasteiger partial charge on any atom is 0.250 e. The number of primary amides is 1. The Hall–Kier alpha value is -3.94. The molecule has 1 amide bonds. The van der Waals surface area contributed by atoms with Crippen molar-refractivity contribution in [3.8, 4) is 11.5 Å². The van der Waals surface area contributed by atoms with Crippen LogP contribution in [0.2, 0.25) is 0 Å². The number of aromatic nitrogens is 4.